The molecule has 1 aliphatic heterocycles. The minimum absolute atomic E-state index is 0.459. The molecule has 0 radical (unpaired) electrons. The standard InChI is InChI=1S/C18H27ClF3N5/c1-23-17(25-9-5-15-2-3-16(19)26-12-15)24-8-4-14-6-10-27(11-7-14)13-18(20,21)22/h2-3,12,14H,4-11,13H2,1H3,(H2,23,24,25). The average molecular weight is 406 g/mol. The Morgan fingerprint density at radius 3 is 2.56 bits per heavy atom. The highest BCUT2D eigenvalue weighted by Gasteiger charge is 2.32. The van der Waals surface area contributed by atoms with Crippen molar-refractivity contribution in [1.29, 1.82) is 0 Å². The Hall–Kier alpha value is -1.54. The summed E-state index contributed by atoms with van der Waals surface area (Å²) in [6, 6.07) is 3.71. The Balaban J connectivity index is 1.59. The smallest absolute Gasteiger partial charge is 0.356 e. The lowest BCUT2D eigenvalue weighted by Crippen LogP contribution is -2.42. The van der Waals surface area contributed by atoms with Crippen molar-refractivity contribution in [3.8, 4) is 0 Å². The van der Waals surface area contributed by atoms with Gasteiger partial charge in [0.1, 0.15) is 5.15 Å². The number of nitrogens with one attached hydrogen (secondary N) is 2. The number of rotatable bonds is 7. The number of alkyl halides is 3. The minimum atomic E-state index is -4.10. The summed E-state index contributed by atoms with van der Waals surface area (Å²) in [7, 11) is 1.72. The van der Waals surface area contributed by atoms with Crippen LogP contribution in [0, 0.1) is 5.92 Å². The van der Waals surface area contributed by atoms with Crippen molar-refractivity contribution in [2.75, 3.05) is 39.8 Å². The molecule has 0 bridgehead atoms. The van der Waals surface area contributed by atoms with E-state index < -0.39 is 12.7 Å². The van der Waals surface area contributed by atoms with Crippen LogP contribution in [0.5, 0.6) is 0 Å². The summed E-state index contributed by atoms with van der Waals surface area (Å²) < 4.78 is 37.2. The second-order valence-corrected chi connectivity index (χ2v) is 7.18. The molecule has 9 heteroatoms. The fraction of sp³-hybridized carbons (Fsp3) is 0.667. The van der Waals surface area contributed by atoms with Crippen LogP contribution in [0.1, 0.15) is 24.8 Å². The molecule has 1 aromatic heterocycles. The maximum absolute atomic E-state index is 12.4. The molecule has 1 aromatic rings. The normalized spacial score (nSPS) is 17.1. The first-order valence-electron chi connectivity index (χ1n) is 9.20. The molecule has 1 saturated heterocycles. The molecular formula is C18H27ClF3N5. The number of pyridine rings is 1. The van der Waals surface area contributed by atoms with E-state index in [0.29, 0.717) is 24.2 Å². The molecule has 0 spiro atoms. The quantitative estimate of drug-likeness (QED) is 0.416. The third-order valence-corrected chi connectivity index (χ3v) is 4.90. The molecular weight excluding hydrogens is 379 g/mol. The molecule has 0 amide bonds. The molecule has 152 valence electrons. The van der Waals surface area contributed by atoms with Crippen LogP contribution in [-0.4, -0.2) is 61.8 Å². The summed E-state index contributed by atoms with van der Waals surface area (Å²) >= 11 is 5.77. The van der Waals surface area contributed by atoms with Gasteiger partial charge >= 0.3 is 6.18 Å². The van der Waals surface area contributed by atoms with Crippen LogP contribution in [0.3, 0.4) is 0 Å². The topological polar surface area (TPSA) is 52.6 Å². The van der Waals surface area contributed by atoms with Gasteiger partial charge in [-0.25, -0.2) is 4.98 Å². The molecule has 0 aromatic carbocycles. The number of hydrogen-bond donors (Lipinski definition) is 2. The van der Waals surface area contributed by atoms with Gasteiger partial charge in [0.15, 0.2) is 5.96 Å². The molecule has 1 fully saturated rings. The maximum atomic E-state index is 12.4. The lowest BCUT2D eigenvalue weighted by Gasteiger charge is -2.32. The maximum Gasteiger partial charge on any atom is 0.401 e. The van der Waals surface area contributed by atoms with Gasteiger partial charge in [0.05, 0.1) is 6.54 Å². The largest absolute Gasteiger partial charge is 0.401 e. The van der Waals surface area contributed by atoms with Crippen molar-refractivity contribution in [3.63, 3.8) is 0 Å². The van der Waals surface area contributed by atoms with E-state index in [-0.39, 0.29) is 0 Å². The minimum Gasteiger partial charge on any atom is -0.356 e. The van der Waals surface area contributed by atoms with E-state index in [1.54, 1.807) is 19.3 Å². The molecule has 0 saturated carbocycles. The van der Waals surface area contributed by atoms with Gasteiger partial charge in [0, 0.05) is 26.3 Å². The summed E-state index contributed by atoms with van der Waals surface area (Å²) in [6.45, 7) is 1.72. The van der Waals surface area contributed by atoms with E-state index in [9.17, 15) is 13.2 Å². The zero-order valence-corrected chi connectivity index (χ0v) is 16.3. The highest BCUT2D eigenvalue weighted by Crippen LogP contribution is 2.23. The lowest BCUT2D eigenvalue weighted by molar-refractivity contribution is -0.148. The van der Waals surface area contributed by atoms with Crippen LogP contribution in [0.2, 0.25) is 5.15 Å². The summed E-state index contributed by atoms with van der Waals surface area (Å²) in [6.07, 6.45) is 1.02. The molecule has 27 heavy (non-hydrogen) atoms. The number of guanidine groups is 1. The monoisotopic (exact) mass is 405 g/mol. The van der Waals surface area contributed by atoms with Crippen molar-refractivity contribution in [2.24, 2.45) is 10.9 Å². The Kier molecular flexibility index (Phi) is 8.63. The summed E-state index contributed by atoms with van der Waals surface area (Å²) in [5.74, 6) is 1.19. The van der Waals surface area contributed by atoms with Gasteiger partial charge in [-0.15, -0.1) is 0 Å². The van der Waals surface area contributed by atoms with E-state index in [2.05, 4.69) is 20.6 Å². The van der Waals surface area contributed by atoms with E-state index in [1.165, 1.54) is 4.90 Å². The van der Waals surface area contributed by atoms with E-state index >= 15 is 0 Å². The second-order valence-electron chi connectivity index (χ2n) is 6.79. The van der Waals surface area contributed by atoms with Crippen LogP contribution in [0.4, 0.5) is 13.2 Å². The molecule has 0 aliphatic carbocycles. The third-order valence-electron chi connectivity index (χ3n) is 4.67. The molecule has 0 unspecified atom stereocenters. The molecule has 2 rings (SSSR count). The second kappa shape index (κ2) is 10.7. The zero-order chi connectivity index (χ0) is 19.7. The highest BCUT2D eigenvalue weighted by atomic mass is 35.5. The van der Waals surface area contributed by atoms with Crippen LogP contribution >= 0.6 is 11.6 Å². The van der Waals surface area contributed by atoms with E-state index in [0.717, 1.165) is 50.3 Å². The summed E-state index contributed by atoms with van der Waals surface area (Å²) in [4.78, 5) is 9.74. The number of halogens is 4. The molecule has 1 aliphatic rings. The van der Waals surface area contributed by atoms with Gasteiger partial charge in [-0.1, -0.05) is 17.7 Å². The van der Waals surface area contributed by atoms with Gasteiger partial charge in [0.25, 0.3) is 0 Å². The SMILES string of the molecule is CN=C(NCCc1ccc(Cl)nc1)NCCC1CCN(CC(F)(F)F)CC1. The number of aliphatic imine (C=N–C) groups is 1. The Morgan fingerprint density at radius 2 is 1.96 bits per heavy atom. The zero-order valence-electron chi connectivity index (χ0n) is 15.5. The predicted molar refractivity (Wildman–Crippen MR) is 102 cm³/mol. The van der Waals surface area contributed by atoms with Crippen LogP contribution in [0.15, 0.2) is 23.3 Å². The van der Waals surface area contributed by atoms with E-state index in [4.69, 9.17) is 11.6 Å². The Labute approximate surface area is 163 Å². The number of likely N-dealkylation sites (tertiary alicyclic amines) is 1. The molecule has 2 N–H and O–H groups in total. The van der Waals surface area contributed by atoms with Crippen molar-refractivity contribution < 1.29 is 13.2 Å². The average Bonchev–Trinajstić information content (AvgIpc) is 2.62. The molecule has 2 heterocycles. The first-order chi connectivity index (χ1) is 12.9. The van der Waals surface area contributed by atoms with Gasteiger partial charge in [-0.2, -0.15) is 13.2 Å². The van der Waals surface area contributed by atoms with Crippen molar-refractivity contribution in [2.45, 2.75) is 31.9 Å². The van der Waals surface area contributed by atoms with E-state index in [1.807, 2.05) is 6.07 Å². The van der Waals surface area contributed by atoms with Gasteiger partial charge < -0.3 is 10.6 Å². The fourth-order valence-electron chi connectivity index (χ4n) is 3.18. The summed E-state index contributed by atoms with van der Waals surface area (Å²) in [5.41, 5.74) is 1.09. The highest BCUT2D eigenvalue weighted by molar-refractivity contribution is 6.29. The third kappa shape index (κ3) is 8.79. The molecule has 0 atom stereocenters. The summed E-state index contributed by atoms with van der Waals surface area (Å²) in [5, 5.41) is 7.00. The first kappa shape index (κ1) is 21.8. The Morgan fingerprint density at radius 1 is 1.26 bits per heavy atom. The number of piperidine rings is 1. The van der Waals surface area contributed by atoms with Gasteiger partial charge in [-0.3, -0.25) is 9.89 Å². The number of aromatic nitrogens is 1. The van der Waals surface area contributed by atoms with Crippen LogP contribution < -0.4 is 10.6 Å². The number of nitrogens with zero attached hydrogens (tertiary/aromatic N) is 3. The van der Waals surface area contributed by atoms with Crippen molar-refractivity contribution in [3.05, 3.63) is 29.0 Å². The lowest BCUT2D eigenvalue weighted by atomic mass is 9.93. The predicted octanol–water partition coefficient (Wildman–Crippen LogP) is 3.11. The molecule has 5 nitrogen and oxygen atoms in total. The Bertz CT molecular complexity index is 584. The van der Waals surface area contributed by atoms with Crippen LogP contribution in [0.25, 0.3) is 0 Å². The van der Waals surface area contributed by atoms with Gasteiger partial charge in [-0.05, 0) is 56.3 Å². The fourth-order valence-corrected chi connectivity index (χ4v) is 3.29. The first-order valence-corrected chi connectivity index (χ1v) is 9.57. The van der Waals surface area contributed by atoms with Crippen molar-refractivity contribution in [1.82, 2.24) is 20.5 Å². The van der Waals surface area contributed by atoms with Gasteiger partial charge in [0.2, 0.25) is 0 Å². The van der Waals surface area contributed by atoms with Crippen LogP contribution in [-0.2, 0) is 6.42 Å². The number of hydrogen-bond acceptors (Lipinski definition) is 3. The van der Waals surface area contributed by atoms with Crippen molar-refractivity contribution >= 4 is 17.6 Å².